The molecule has 0 saturated carbocycles. The Kier molecular flexibility index (Phi) is 6.39. The fourth-order valence-electron chi connectivity index (χ4n) is 2.22. The molecular formula is C19H23N3O3. The van der Waals surface area contributed by atoms with E-state index in [-0.39, 0.29) is 12.5 Å². The van der Waals surface area contributed by atoms with Crippen LogP contribution in [-0.2, 0) is 9.59 Å². The van der Waals surface area contributed by atoms with E-state index >= 15 is 0 Å². The minimum Gasteiger partial charge on any atom is -0.481 e. The molecule has 1 atom stereocenters. The average molecular weight is 341 g/mol. The number of carbonyl (C=O) groups is 2. The van der Waals surface area contributed by atoms with Gasteiger partial charge in [0.2, 0.25) is 0 Å². The normalized spacial score (nSPS) is 11.3. The first kappa shape index (κ1) is 18.3. The molecule has 1 unspecified atom stereocenters. The zero-order valence-corrected chi connectivity index (χ0v) is 14.6. The van der Waals surface area contributed by atoms with E-state index in [1.165, 1.54) is 0 Å². The molecule has 2 aromatic carbocycles. The summed E-state index contributed by atoms with van der Waals surface area (Å²) in [5, 5.41) is 3.04. The highest BCUT2D eigenvalue weighted by atomic mass is 16.5. The molecule has 132 valence electrons. The Bertz CT molecular complexity index is 732. The predicted molar refractivity (Wildman–Crippen MR) is 97.2 cm³/mol. The number of hydrazine groups is 1. The van der Waals surface area contributed by atoms with E-state index in [2.05, 4.69) is 16.2 Å². The van der Waals surface area contributed by atoms with E-state index in [4.69, 9.17) is 4.74 Å². The van der Waals surface area contributed by atoms with Crippen molar-refractivity contribution in [3.8, 4) is 5.75 Å². The van der Waals surface area contributed by atoms with Gasteiger partial charge in [-0.2, -0.15) is 0 Å². The highest BCUT2D eigenvalue weighted by Gasteiger charge is 2.15. The lowest BCUT2D eigenvalue weighted by molar-refractivity contribution is -0.132. The Hall–Kier alpha value is -3.02. The maximum absolute atomic E-state index is 11.9. The van der Waals surface area contributed by atoms with Gasteiger partial charge < -0.3 is 10.1 Å². The largest absolute Gasteiger partial charge is 0.481 e. The lowest BCUT2D eigenvalue weighted by Gasteiger charge is -2.15. The lowest BCUT2D eigenvalue weighted by atomic mass is 10.1. The second-order valence-electron chi connectivity index (χ2n) is 5.78. The van der Waals surface area contributed by atoms with Crippen molar-refractivity contribution in [3.63, 3.8) is 0 Å². The third kappa shape index (κ3) is 5.84. The van der Waals surface area contributed by atoms with Gasteiger partial charge >= 0.3 is 0 Å². The summed E-state index contributed by atoms with van der Waals surface area (Å²) in [7, 11) is 0. The number of benzene rings is 2. The highest BCUT2D eigenvalue weighted by molar-refractivity contribution is 5.86. The van der Waals surface area contributed by atoms with E-state index in [1.807, 2.05) is 50.2 Å². The number of ether oxygens (including phenoxy) is 1. The van der Waals surface area contributed by atoms with Crippen molar-refractivity contribution in [1.82, 2.24) is 10.9 Å². The van der Waals surface area contributed by atoms with Crippen LogP contribution in [0.15, 0.2) is 48.5 Å². The van der Waals surface area contributed by atoms with Crippen LogP contribution in [0.2, 0.25) is 0 Å². The molecule has 25 heavy (non-hydrogen) atoms. The van der Waals surface area contributed by atoms with E-state index in [0.29, 0.717) is 5.75 Å². The van der Waals surface area contributed by atoms with Crippen molar-refractivity contribution in [2.24, 2.45) is 0 Å². The van der Waals surface area contributed by atoms with Crippen molar-refractivity contribution in [2.75, 3.05) is 11.9 Å². The van der Waals surface area contributed by atoms with Crippen LogP contribution in [0, 0.1) is 13.8 Å². The second-order valence-corrected chi connectivity index (χ2v) is 5.78. The van der Waals surface area contributed by atoms with E-state index in [1.54, 1.807) is 19.1 Å². The summed E-state index contributed by atoms with van der Waals surface area (Å²) in [5.41, 5.74) is 7.83. The molecule has 0 spiro atoms. The first-order valence-corrected chi connectivity index (χ1v) is 8.07. The minimum atomic E-state index is -0.727. The molecule has 0 heterocycles. The number of nitrogens with one attached hydrogen (secondary N) is 3. The van der Waals surface area contributed by atoms with Gasteiger partial charge in [-0.1, -0.05) is 35.9 Å². The Labute approximate surface area is 147 Å². The Balaban J connectivity index is 1.74. The predicted octanol–water partition coefficient (Wildman–Crippen LogP) is 2.33. The highest BCUT2D eigenvalue weighted by Crippen LogP contribution is 2.15. The number of aryl methyl sites for hydroxylation is 2. The zero-order valence-electron chi connectivity index (χ0n) is 14.6. The smallest absolute Gasteiger partial charge is 0.279 e. The van der Waals surface area contributed by atoms with Crippen molar-refractivity contribution < 1.29 is 14.3 Å². The van der Waals surface area contributed by atoms with Crippen LogP contribution in [0.3, 0.4) is 0 Å². The first-order chi connectivity index (χ1) is 12.0. The molecule has 0 aliphatic carbocycles. The Morgan fingerprint density at radius 1 is 1.04 bits per heavy atom. The fourth-order valence-corrected chi connectivity index (χ4v) is 2.22. The standard InChI is InChI=1S/C19H23N3O3/c1-13-9-10-17(14(2)11-13)20-12-18(23)21-22-19(24)15(3)25-16-7-5-4-6-8-16/h4-11,15,20H,12H2,1-3H3,(H,21,23)(H,22,24). The number of anilines is 1. The van der Waals surface area contributed by atoms with Crippen molar-refractivity contribution in [3.05, 3.63) is 59.7 Å². The fraction of sp³-hybridized carbons (Fsp3) is 0.263. The van der Waals surface area contributed by atoms with E-state index in [0.717, 1.165) is 16.8 Å². The van der Waals surface area contributed by atoms with Crippen LogP contribution in [-0.4, -0.2) is 24.5 Å². The lowest BCUT2D eigenvalue weighted by Crippen LogP contribution is -2.48. The van der Waals surface area contributed by atoms with Crippen LogP contribution < -0.4 is 20.9 Å². The molecule has 0 aliphatic rings. The molecule has 0 bridgehead atoms. The van der Waals surface area contributed by atoms with Gasteiger partial charge in [0.25, 0.3) is 11.8 Å². The summed E-state index contributed by atoms with van der Waals surface area (Å²) in [4.78, 5) is 23.8. The molecule has 0 saturated heterocycles. The maximum Gasteiger partial charge on any atom is 0.279 e. The summed E-state index contributed by atoms with van der Waals surface area (Å²) in [5.74, 6) is -0.183. The van der Waals surface area contributed by atoms with Gasteiger partial charge in [0.15, 0.2) is 6.10 Å². The monoisotopic (exact) mass is 341 g/mol. The van der Waals surface area contributed by atoms with Crippen LogP contribution in [0.5, 0.6) is 5.75 Å². The van der Waals surface area contributed by atoms with Gasteiger partial charge in [0, 0.05) is 5.69 Å². The van der Waals surface area contributed by atoms with Crippen LogP contribution in [0.25, 0.3) is 0 Å². The summed E-state index contributed by atoms with van der Waals surface area (Å²) in [6.07, 6.45) is -0.727. The first-order valence-electron chi connectivity index (χ1n) is 8.07. The number of amides is 2. The summed E-state index contributed by atoms with van der Waals surface area (Å²) in [6, 6.07) is 14.9. The number of hydrogen-bond donors (Lipinski definition) is 3. The molecule has 0 aliphatic heterocycles. The molecule has 2 rings (SSSR count). The topological polar surface area (TPSA) is 79.5 Å². The van der Waals surface area contributed by atoms with Crippen molar-refractivity contribution in [1.29, 1.82) is 0 Å². The van der Waals surface area contributed by atoms with Gasteiger partial charge in [0.05, 0.1) is 6.54 Å². The van der Waals surface area contributed by atoms with E-state index in [9.17, 15) is 9.59 Å². The van der Waals surface area contributed by atoms with Crippen LogP contribution in [0.4, 0.5) is 5.69 Å². The van der Waals surface area contributed by atoms with Crippen LogP contribution in [0.1, 0.15) is 18.1 Å². The number of carbonyl (C=O) groups excluding carboxylic acids is 2. The van der Waals surface area contributed by atoms with Gasteiger partial charge in [-0.25, -0.2) is 0 Å². The quantitative estimate of drug-likeness (QED) is 0.705. The molecular weight excluding hydrogens is 318 g/mol. The zero-order chi connectivity index (χ0) is 18.2. The van der Waals surface area contributed by atoms with Gasteiger partial charge in [0.1, 0.15) is 5.75 Å². The van der Waals surface area contributed by atoms with Gasteiger partial charge in [-0.15, -0.1) is 0 Å². The third-order valence-corrected chi connectivity index (χ3v) is 3.57. The van der Waals surface area contributed by atoms with Crippen molar-refractivity contribution >= 4 is 17.5 Å². The number of hydrogen-bond acceptors (Lipinski definition) is 4. The molecule has 2 aromatic rings. The molecule has 2 amide bonds. The minimum absolute atomic E-state index is 0.0537. The maximum atomic E-state index is 11.9. The average Bonchev–Trinajstić information content (AvgIpc) is 2.59. The number of rotatable bonds is 6. The SMILES string of the molecule is Cc1ccc(NCC(=O)NNC(=O)C(C)Oc2ccccc2)c(C)c1. The molecule has 0 radical (unpaired) electrons. The van der Waals surface area contributed by atoms with Gasteiger partial charge in [-0.05, 0) is 44.5 Å². The molecule has 6 nitrogen and oxygen atoms in total. The molecule has 0 aromatic heterocycles. The van der Waals surface area contributed by atoms with E-state index < -0.39 is 12.0 Å². The van der Waals surface area contributed by atoms with Crippen molar-refractivity contribution in [2.45, 2.75) is 26.9 Å². The molecule has 3 N–H and O–H groups in total. The summed E-state index contributed by atoms with van der Waals surface area (Å²) in [6.45, 7) is 5.65. The Morgan fingerprint density at radius 2 is 1.76 bits per heavy atom. The van der Waals surface area contributed by atoms with Crippen LogP contribution >= 0.6 is 0 Å². The van der Waals surface area contributed by atoms with Gasteiger partial charge in [-0.3, -0.25) is 20.4 Å². The summed E-state index contributed by atoms with van der Waals surface area (Å²) >= 11 is 0. The Morgan fingerprint density at radius 3 is 2.44 bits per heavy atom. The molecule has 6 heteroatoms. The summed E-state index contributed by atoms with van der Waals surface area (Å²) < 4.78 is 5.49. The number of para-hydroxylation sites is 1. The third-order valence-electron chi connectivity index (χ3n) is 3.57. The second kappa shape index (κ2) is 8.73. The molecule has 0 fully saturated rings.